The number of aromatic nitrogens is 1. The summed E-state index contributed by atoms with van der Waals surface area (Å²) in [7, 11) is 0. The Labute approximate surface area is 177 Å². The van der Waals surface area contributed by atoms with Gasteiger partial charge in [-0.2, -0.15) is 0 Å². The van der Waals surface area contributed by atoms with Crippen molar-refractivity contribution < 1.29 is 19.2 Å². The molecule has 2 fully saturated rings. The highest BCUT2D eigenvalue weighted by atomic mass is 32.2. The largest absolute Gasteiger partial charge is 0.480 e. The van der Waals surface area contributed by atoms with Gasteiger partial charge in [0.2, 0.25) is 0 Å². The van der Waals surface area contributed by atoms with Crippen LogP contribution in [-0.4, -0.2) is 55.0 Å². The number of carbonyl (C=O) groups excluding carboxylic acids is 1. The van der Waals surface area contributed by atoms with Crippen LogP contribution >= 0.6 is 23.5 Å². The molecule has 0 saturated carbocycles. The van der Waals surface area contributed by atoms with Crippen LogP contribution in [0.5, 0.6) is 0 Å². The molecule has 29 heavy (non-hydrogen) atoms. The lowest BCUT2D eigenvalue weighted by Gasteiger charge is -2.56. The molecule has 0 bridgehead atoms. The lowest BCUT2D eigenvalue weighted by atomic mass is 9.84. The average Bonchev–Trinajstić information content (AvgIpc) is 3.26. The van der Waals surface area contributed by atoms with Gasteiger partial charge in [0.05, 0.1) is 6.20 Å². The van der Waals surface area contributed by atoms with E-state index in [1.165, 1.54) is 22.9 Å². The number of fused-ring (bicyclic) bond motifs is 1. The SMILES string of the molecule is CSc1ccc(N(c2cnoc2)[C@@]2(C)C(=O)N3[C@@H](C(=O)O)C(C)(C)S[C@@H]32)cc1C. The number of thioether (sulfide) groups is 2. The number of carbonyl (C=O) groups is 2. The Bertz CT molecular complexity index is 978. The number of hydrogen-bond donors (Lipinski definition) is 1. The maximum absolute atomic E-state index is 13.4. The first-order chi connectivity index (χ1) is 13.6. The van der Waals surface area contributed by atoms with Crippen LogP contribution in [0, 0.1) is 6.92 Å². The first kappa shape index (κ1) is 20.2. The van der Waals surface area contributed by atoms with Crippen LogP contribution in [0.25, 0.3) is 0 Å². The summed E-state index contributed by atoms with van der Waals surface area (Å²) in [6.45, 7) is 7.66. The molecule has 3 heterocycles. The van der Waals surface area contributed by atoms with Gasteiger partial charge in [-0.25, -0.2) is 4.79 Å². The summed E-state index contributed by atoms with van der Waals surface area (Å²) >= 11 is 3.19. The number of hydrogen-bond acceptors (Lipinski definition) is 7. The average molecular weight is 434 g/mol. The third-order valence-corrected chi connectivity index (χ3v) is 8.40. The van der Waals surface area contributed by atoms with E-state index in [1.807, 2.05) is 57.0 Å². The Morgan fingerprint density at radius 3 is 2.62 bits per heavy atom. The Morgan fingerprint density at radius 2 is 2.07 bits per heavy atom. The molecule has 1 N–H and O–H groups in total. The van der Waals surface area contributed by atoms with Gasteiger partial charge in [-0.1, -0.05) is 5.16 Å². The topological polar surface area (TPSA) is 86.9 Å². The predicted molar refractivity (Wildman–Crippen MR) is 114 cm³/mol. The molecule has 3 atom stereocenters. The molecule has 2 aliphatic heterocycles. The van der Waals surface area contributed by atoms with Gasteiger partial charge in [0.15, 0.2) is 5.54 Å². The quantitative estimate of drug-likeness (QED) is 0.564. The standard InChI is InChI=1S/C20H23N3O4S2/c1-11-8-12(6-7-14(11)28-5)23(13-9-21-27-10-13)20(4)17(26)22-15(16(24)25)19(2,3)29-18(20)22/h6-10,15,18H,1-5H3,(H,24,25)/t15-,18+,20-/m0/s1. The fourth-order valence-corrected chi connectivity index (χ4v) is 6.68. The molecule has 9 heteroatoms. The van der Waals surface area contributed by atoms with Crippen LogP contribution in [0.1, 0.15) is 26.3 Å². The molecule has 1 aromatic heterocycles. The van der Waals surface area contributed by atoms with E-state index in [0.29, 0.717) is 5.69 Å². The summed E-state index contributed by atoms with van der Waals surface area (Å²) in [5.41, 5.74) is 1.65. The van der Waals surface area contributed by atoms with E-state index >= 15 is 0 Å². The molecule has 1 amide bonds. The van der Waals surface area contributed by atoms with Gasteiger partial charge in [-0.05, 0) is 57.7 Å². The number of nitrogens with zero attached hydrogens (tertiary/aromatic N) is 3. The lowest BCUT2D eigenvalue weighted by molar-refractivity contribution is -0.164. The van der Waals surface area contributed by atoms with E-state index in [1.54, 1.807) is 18.0 Å². The summed E-state index contributed by atoms with van der Waals surface area (Å²) < 4.78 is 4.49. The number of carboxylic acids is 1. The maximum Gasteiger partial charge on any atom is 0.327 e. The van der Waals surface area contributed by atoms with Crippen LogP contribution in [0.2, 0.25) is 0 Å². The molecule has 7 nitrogen and oxygen atoms in total. The number of rotatable bonds is 5. The van der Waals surface area contributed by atoms with Crippen molar-refractivity contribution in [1.82, 2.24) is 10.1 Å². The number of β-lactam (4-membered cyclic amide) rings is 1. The van der Waals surface area contributed by atoms with E-state index in [9.17, 15) is 14.7 Å². The number of benzene rings is 1. The molecule has 0 radical (unpaired) electrons. The molecular formula is C20H23N3O4S2. The Morgan fingerprint density at radius 1 is 1.34 bits per heavy atom. The molecule has 0 spiro atoms. The molecule has 0 aliphatic carbocycles. The highest BCUT2D eigenvalue weighted by molar-refractivity contribution is 8.01. The van der Waals surface area contributed by atoms with Crippen LogP contribution in [-0.2, 0) is 9.59 Å². The van der Waals surface area contributed by atoms with Crippen molar-refractivity contribution in [2.24, 2.45) is 0 Å². The number of aryl methyl sites for hydroxylation is 1. The van der Waals surface area contributed by atoms with E-state index in [4.69, 9.17) is 4.52 Å². The summed E-state index contributed by atoms with van der Waals surface area (Å²) in [6, 6.07) is 5.20. The lowest BCUT2D eigenvalue weighted by Crippen LogP contribution is -2.77. The zero-order valence-electron chi connectivity index (χ0n) is 16.9. The minimum atomic E-state index is -0.975. The van der Waals surface area contributed by atoms with Crippen molar-refractivity contribution in [3.8, 4) is 0 Å². The van der Waals surface area contributed by atoms with Crippen molar-refractivity contribution in [2.75, 3.05) is 11.2 Å². The van der Waals surface area contributed by atoms with Crippen LogP contribution < -0.4 is 4.90 Å². The first-order valence-corrected chi connectivity index (χ1v) is 11.3. The monoisotopic (exact) mass is 433 g/mol. The molecule has 2 aliphatic rings. The smallest absolute Gasteiger partial charge is 0.327 e. The predicted octanol–water partition coefficient (Wildman–Crippen LogP) is 3.75. The normalized spacial score (nSPS) is 27.5. The van der Waals surface area contributed by atoms with Crippen molar-refractivity contribution in [3.63, 3.8) is 0 Å². The minimum absolute atomic E-state index is 0.208. The van der Waals surface area contributed by atoms with Gasteiger partial charge >= 0.3 is 5.97 Å². The van der Waals surface area contributed by atoms with E-state index in [2.05, 4.69) is 5.16 Å². The Kier molecular flexibility index (Phi) is 4.66. The van der Waals surface area contributed by atoms with Crippen molar-refractivity contribution in [1.29, 1.82) is 0 Å². The van der Waals surface area contributed by atoms with Gasteiger partial charge in [0.1, 0.15) is 23.4 Å². The summed E-state index contributed by atoms with van der Waals surface area (Å²) in [4.78, 5) is 29.9. The summed E-state index contributed by atoms with van der Waals surface area (Å²) in [6.07, 6.45) is 5.12. The van der Waals surface area contributed by atoms with E-state index in [-0.39, 0.29) is 11.3 Å². The van der Waals surface area contributed by atoms with Gasteiger partial charge in [0, 0.05) is 15.3 Å². The molecular weight excluding hydrogens is 410 g/mol. The van der Waals surface area contributed by atoms with Crippen LogP contribution in [0.4, 0.5) is 11.4 Å². The molecule has 4 rings (SSSR count). The van der Waals surface area contributed by atoms with Gasteiger partial charge in [-0.3, -0.25) is 4.79 Å². The first-order valence-electron chi connectivity index (χ1n) is 9.20. The van der Waals surface area contributed by atoms with Crippen molar-refractivity contribution in [3.05, 3.63) is 36.2 Å². The van der Waals surface area contributed by atoms with Gasteiger partial charge in [-0.15, -0.1) is 23.5 Å². The second-order valence-corrected chi connectivity index (χ2v) is 10.6. The second kappa shape index (κ2) is 6.70. The Balaban J connectivity index is 1.82. The van der Waals surface area contributed by atoms with Crippen LogP contribution in [0.15, 0.2) is 40.1 Å². The van der Waals surface area contributed by atoms with E-state index in [0.717, 1.165) is 16.1 Å². The zero-order chi connectivity index (χ0) is 21.1. The van der Waals surface area contributed by atoms with E-state index < -0.39 is 22.3 Å². The zero-order valence-corrected chi connectivity index (χ0v) is 18.5. The number of carboxylic acid groups (broad SMARTS) is 1. The fourth-order valence-electron chi connectivity index (χ4n) is 4.41. The molecule has 2 saturated heterocycles. The second-order valence-electron chi connectivity index (χ2n) is 8.05. The van der Waals surface area contributed by atoms with Crippen molar-refractivity contribution in [2.45, 2.75) is 54.3 Å². The third kappa shape index (κ3) is 2.78. The highest BCUT2D eigenvalue weighted by Crippen LogP contribution is 2.58. The molecule has 1 aromatic carbocycles. The number of anilines is 2. The highest BCUT2D eigenvalue weighted by Gasteiger charge is 2.71. The third-order valence-electron chi connectivity index (χ3n) is 5.77. The minimum Gasteiger partial charge on any atom is -0.480 e. The maximum atomic E-state index is 13.4. The van der Waals surface area contributed by atoms with Gasteiger partial charge < -0.3 is 19.4 Å². The Hall–Kier alpha value is -2.13. The van der Waals surface area contributed by atoms with Gasteiger partial charge in [0.25, 0.3) is 5.91 Å². The molecule has 154 valence electrons. The number of amides is 1. The van der Waals surface area contributed by atoms with Crippen LogP contribution in [0.3, 0.4) is 0 Å². The fraction of sp³-hybridized carbons (Fsp3) is 0.450. The number of aliphatic carboxylic acids is 1. The summed E-state index contributed by atoms with van der Waals surface area (Å²) in [5, 5.41) is 13.3. The molecule has 0 unspecified atom stereocenters. The van der Waals surface area contributed by atoms with Crippen molar-refractivity contribution >= 4 is 46.8 Å². The summed E-state index contributed by atoms with van der Waals surface area (Å²) in [5.74, 6) is -1.18. The molecule has 2 aromatic rings.